The van der Waals surface area contributed by atoms with Crippen LogP contribution in [0, 0.1) is 5.82 Å². The number of carbonyl (C=O) groups excluding carboxylic acids is 2. The molecule has 29 heavy (non-hydrogen) atoms. The van der Waals surface area contributed by atoms with Gasteiger partial charge in [-0.15, -0.1) is 11.3 Å². The van der Waals surface area contributed by atoms with Gasteiger partial charge in [0.25, 0.3) is 5.91 Å². The average Bonchev–Trinajstić information content (AvgIpc) is 3.36. The predicted molar refractivity (Wildman–Crippen MR) is 109 cm³/mol. The normalized spacial score (nSPS) is 16.3. The van der Waals surface area contributed by atoms with Crippen molar-refractivity contribution >= 4 is 34.8 Å². The van der Waals surface area contributed by atoms with Crippen molar-refractivity contribution in [3.05, 3.63) is 86.6 Å². The van der Waals surface area contributed by atoms with Crippen molar-refractivity contribution in [2.24, 2.45) is 5.73 Å². The maximum Gasteiger partial charge on any atom is 0.284 e. The Morgan fingerprint density at radius 1 is 1.28 bits per heavy atom. The maximum absolute atomic E-state index is 14.5. The van der Waals surface area contributed by atoms with Crippen LogP contribution in [0.3, 0.4) is 0 Å². The number of nitrogens with two attached hydrogens (primary N) is 1. The van der Waals surface area contributed by atoms with Crippen LogP contribution in [-0.4, -0.2) is 21.7 Å². The van der Waals surface area contributed by atoms with E-state index in [-0.39, 0.29) is 10.0 Å². The van der Waals surface area contributed by atoms with Crippen LogP contribution in [0.5, 0.6) is 0 Å². The molecule has 2 aromatic carbocycles. The minimum absolute atomic E-state index is 0.239. The van der Waals surface area contributed by atoms with Crippen LogP contribution >= 0.6 is 22.9 Å². The zero-order valence-corrected chi connectivity index (χ0v) is 16.8. The molecule has 0 aliphatic heterocycles. The van der Waals surface area contributed by atoms with E-state index in [0.29, 0.717) is 29.5 Å². The van der Waals surface area contributed by atoms with E-state index in [4.69, 9.17) is 17.3 Å². The number of carbonyl (C=O) groups is 2. The lowest BCUT2D eigenvalue weighted by atomic mass is 9.99. The summed E-state index contributed by atoms with van der Waals surface area (Å²) in [6, 6.07) is 10.2. The number of halogens is 2. The van der Waals surface area contributed by atoms with E-state index in [1.165, 1.54) is 28.5 Å². The second-order valence-corrected chi connectivity index (χ2v) is 8.11. The van der Waals surface area contributed by atoms with Gasteiger partial charge in [-0.2, -0.15) is 0 Å². The van der Waals surface area contributed by atoms with Crippen molar-refractivity contribution in [3.8, 4) is 0 Å². The Labute approximate surface area is 175 Å². The average molecular weight is 430 g/mol. The van der Waals surface area contributed by atoms with Crippen molar-refractivity contribution in [2.75, 3.05) is 0 Å². The number of amides is 2. The van der Waals surface area contributed by atoms with Crippen LogP contribution in [0.15, 0.2) is 54.0 Å². The van der Waals surface area contributed by atoms with Crippen molar-refractivity contribution in [1.82, 2.24) is 9.88 Å². The molecule has 2 N–H and O–H groups in total. The molecule has 0 saturated carbocycles. The van der Waals surface area contributed by atoms with Crippen LogP contribution in [0.4, 0.5) is 4.39 Å². The molecular weight excluding hydrogens is 413 g/mol. The Balaban J connectivity index is 1.87. The number of hydrogen-bond acceptors (Lipinski definition) is 4. The van der Waals surface area contributed by atoms with Crippen LogP contribution in [0.25, 0.3) is 0 Å². The number of aromatic nitrogens is 1. The van der Waals surface area contributed by atoms with E-state index in [1.807, 2.05) is 6.07 Å². The summed E-state index contributed by atoms with van der Waals surface area (Å²) in [4.78, 5) is 31.5. The van der Waals surface area contributed by atoms with Gasteiger partial charge < -0.3 is 10.6 Å². The van der Waals surface area contributed by atoms with Gasteiger partial charge in [-0.05, 0) is 41.7 Å². The van der Waals surface area contributed by atoms with E-state index >= 15 is 0 Å². The first-order valence-corrected chi connectivity index (χ1v) is 10.3. The van der Waals surface area contributed by atoms with E-state index in [1.54, 1.807) is 35.7 Å². The molecule has 8 heteroatoms. The highest BCUT2D eigenvalue weighted by molar-refractivity contribution is 7.11. The van der Waals surface area contributed by atoms with Crippen molar-refractivity contribution < 1.29 is 14.0 Å². The van der Waals surface area contributed by atoms with Gasteiger partial charge in [0, 0.05) is 16.6 Å². The molecule has 3 aromatic rings. The fraction of sp³-hybridized carbons (Fsp3) is 0.190. The second-order valence-electron chi connectivity index (χ2n) is 6.78. The molecule has 4 rings (SSSR count). The molecule has 0 saturated heterocycles. The molecule has 0 spiro atoms. The Kier molecular flexibility index (Phi) is 5.34. The van der Waals surface area contributed by atoms with E-state index in [0.717, 1.165) is 0 Å². The van der Waals surface area contributed by atoms with Crippen LogP contribution in [0.1, 0.15) is 45.0 Å². The Morgan fingerprint density at radius 3 is 2.69 bits per heavy atom. The lowest BCUT2D eigenvalue weighted by Gasteiger charge is -2.35. The minimum atomic E-state index is -1.02. The lowest BCUT2D eigenvalue weighted by molar-refractivity contribution is -0.123. The van der Waals surface area contributed by atoms with Crippen LogP contribution in [-0.2, 0) is 11.2 Å². The number of benzene rings is 2. The van der Waals surface area contributed by atoms with E-state index in [9.17, 15) is 14.0 Å². The largest absolute Gasteiger partial charge is 0.368 e. The summed E-state index contributed by atoms with van der Waals surface area (Å²) in [6.07, 6.45) is 2.42. The highest BCUT2D eigenvalue weighted by Crippen LogP contribution is 2.43. The number of fused-ring (bicyclic) bond motifs is 1. The summed E-state index contributed by atoms with van der Waals surface area (Å²) in [5.74, 6) is -1.50. The molecule has 0 fully saturated rings. The highest BCUT2D eigenvalue weighted by Gasteiger charge is 2.41. The van der Waals surface area contributed by atoms with Gasteiger partial charge in [-0.1, -0.05) is 41.9 Å². The number of nitrogens with zero attached hydrogens (tertiary/aromatic N) is 2. The molecule has 148 valence electrons. The minimum Gasteiger partial charge on any atom is -0.368 e. The van der Waals surface area contributed by atoms with Crippen LogP contribution in [0.2, 0.25) is 5.02 Å². The van der Waals surface area contributed by atoms with Gasteiger partial charge in [0.2, 0.25) is 5.91 Å². The molecule has 5 nitrogen and oxygen atoms in total. The quantitative estimate of drug-likeness (QED) is 0.657. The highest BCUT2D eigenvalue weighted by atomic mass is 35.5. The van der Waals surface area contributed by atoms with Gasteiger partial charge >= 0.3 is 0 Å². The Hall–Kier alpha value is -2.77. The monoisotopic (exact) mass is 429 g/mol. The first-order chi connectivity index (χ1) is 14.0. The molecule has 2 atom stereocenters. The Bertz CT molecular complexity index is 1060. The van der Waals surface area contributed by atoms with Crippen molar-refractivity contribution in [2.45, 2.75) is 24.9 Å². The molecule has 1 aliphatic rings. The summed E-state index contributed by atoms with van der Waals surface area (Å²) >= 11 is 7.27. The third-order valence-corrected chi connectivity index (χ3v) is 6.05. The number of thiazole rings is 1. The van der Waals surface area contributed by atoms with E-state index in [2.05, 4.69) is 4.98 Å². The lowest BCUT2D eigenvalue weighted by Crippen LogP contribution is -2.43. The topological polar surface area (TPSA) is 76.3 Å². The first-order valence-electron chi connectivity index (χ1n) is 9.01. The smallest absolute Gasteiger partial charge is 0.284 e. The molecule has 0 radical (unpaired) electrons. The van der Waals surface area contributed by atoms with Gasteiger partial charge in [0.15, 0.2) is 5.01 Å². The molecular formula is C21H17ClFN3O2S. The van der Waals surface area contributed by atoms with Crippen LogP contribution < -0.4 is 5.73 Å². The molecule has 2 amide bonds. The van der Waals surface area contributed by atoms with E-state index < -0.39 is 29.7 Å². The zero-order valence-electron chi connectivity index (χ0n) is 15.2. The summed E-state index contributed by atoms with van der Waals surface area (Å²) < 4.78 is 14.5. The molecule has 1 heterocycles. The second kappa shape index (κ2) is 7.93. The number of rotatable bonds is 5. The van der Waals surface area contributed by atoms with Crippen molar-refractivity contribution in [3.63, 3.8) is 0 Å². The third-order valence-electron chi connectivity index (χ3n) is 5.07. The Morgan fingerprint density at radius 2 is 2.03 bits per heavy atom. The molecule has 1 aliphatic carbocycles. The standard InChI is InChI=1S/C21H17ClFN3O2S/c22-13-10-15-14(16(23)11-13)6-7-17(15)26(21(28)20-25-8-9-29-20)18(19(24)27)12-4-2-1-3-5-12/h1-5,8-11,17-18H,6-7H2,(H2,24,27)/t17-,18?/m1/s1. The SMILES string of the molecule is NC(=O)C(c1ccccc1)N(C(=O)c1nccs1)[C@@H]1CCc2c(F)cc(Cl)cc21. The van der Waals surface area contributed by atoms with Gasteiger partial charge in [-0.25, -0.2) is 9.37 Å². The first kappa shape index (κ1) is 19.5. The van der Waals surface area contributed by atoms with Gasteiger partial charge in [0.1, 0.15) is 11.9 Å². The van der Waals surface area contributed by atoms with Gasteiger partial charge in [-0.3, -0.25) is 9.59 Å². The van der Waals surface area contributed by atoms with Gasteiger partial charge in [0.05, 0.1) is 6.04 Å². The zero-order chi connectivity index (χ0) is 20.5. The maximum atomic E-state index is 14.5. The summed E-state index contributed by atoms with van der Waals surface area (Å²) in [6.45, 7) is 0. The molecule has 1 unspecified atom stereocenters. The van der Waals surface area contributed by atoms with Crippen molar-refractivity contribution in [1.29, 1.82) is 0 Å². The fourth-order valence-corrected chi connectivity index (χ4v) is 4.68. The molecule has 0 bridgehead atoms. The summed E-state index contributed by atoms with van der Waals surface area (Å²) in [5.41, 5.74) is 7.45. The summed E-state index contributed by atoms with van der Waals surface area (Å²) in [7, 11) is 0. The summed E-state index contributed by atoms with van der Waals surface area (Å²) in [5, 5.41) is 2.17. The number of primary amides is 1. The number of hydrogen-bond donors (Lipinski definition) is 1. The third kappa shape index (κ3) is 3.63. The molecule has 1 aromatic heterocycles. The predicted octanol–water partition coefficient (Wildman–Crippen LogP) is 4.29. The fourth-order valence-electron chi connectivity index (χ4n) is 3.89.